The van der Waals surface area contributed by atoms with E-state index in [0.717, 1.165) is 22.3 Å². The summed E-state index contributed by atoms with van der Waals surface area (Å²) in [4.78, 5) is 0.367. The third kappa shape index (κ3) is 4.90. The van der Waals surface area contributed by atoms with Gasteiger partial charge in [-0.3, -0.25) is 0 Å². The molecule has 0 bridgehead atoms. The summed E-state index contributed by atoms with van der Waals surface area (Å²) in [5, 5.41) is 0. The molecule has 0 fully saturated rings. The molecular weight excluding hydrogens is 322 g/mol. The largest absolute Gasteiger partial charge is 0.375 e. The van der Waals surface area contributed by atoms with Crippen LogP contribution in [0.25, 0.3) is 0 Å². The van der Waals surface area contributed by atoms with Crippen LogP contribution in [-0.4, -0.2) is 21.6 Å². The van der Waals surface area contributed by atoms with Gasteiger partial charge in [-0.2, -0.15) is 0 Å². The number of hydrogen-bond donors (Lipinski definition) is 1. The number of nitrogens with one attached hydrogen (secondary N) is 1. The van der Waals surface area contributed by atoms with Crippen LogP contribution < -0.4 is 4.72 Å². The van der Waals surface area contributed by atoms with E-state index in [4.69, 9.17) is 4.74 Å². The van der Waals surface area contributed by atoms with Crippen LogP contribution in [0.1, 0.15) is 27.8 Å². The molecule has 0 aliphatic rings. The van der Waals surface area contributed by atoms with Gasteiger partial charge in [0.25, 0.3) is 0 Å². The van der Waals surface area contributed by atoms with Crippen molar-refractivity contribution < 1.29 is 13.2 Å². The van der Waals surface area contributed by atoms with Crippen molar-refractivity contribution in [1.29, 1.82) is 0 Å². The highest BCUT2D eigenvalue weighted by atomic mass is 32.2. The van der Waals surface area contributed by atoms with E-state index in [9.17, 15) is 8.42 Å². The molecule has 0 radical (unpaired) electrons. The Bertz CT molecular complexity index is 773. The van der Waals surface area contributed by atoms with Crippen molar-refractivity contribution in [2.45, 2.75) is 39.2 Å². The van der Waals surface area contributed by atoms with Gasteiger partial charge in [0.2, 0.25) is 10.0 Å². The molecule has 5 heteroatoms. The number of sulfonamides is 1. The van der Waals surface area contributed by atoms with E-state index in [1.807, 2.05) is 64.1 Å². The molecule has 0 saturated heterocycles. The fourth-order valence-corrected chi connectivity index (χ4v) is 4.25. The maximum atomic E-state index is 12.5. The van der Waals surface area contributed by atoms with Gasteiger partial charge in [-0.25, -0.2) is 13.1 Å². The van der Waals surface area contributed by atoms with E-state index >= 15 is 0 Å². The van der Waals surface area contributed by atoms with Crippen molar-refractivity contribution >= 4 is 10.0 Å². The van der Waals surface area contributed by atoms with Crippen LogP contribution in [0, 0.1) is 27.7 Å². The summed E-state index contributed by atoms with van der Waals surface area (Å²) >= 11 is 0. The molecule has 24 heavy (non-hydrogen) atoms. The lowest BCUT2D eigenvalue weighted by Crippen LogP contribution is -2.28. The first-order valence-electron chi connectivity index (χ1n) is 8.00. The van der Waals surface area contributed by atoms with E-state index in [2.05, 4.69) is 4.72 Å². The first kappa shape index (κ1) is 18.6. The maximum absolute atomic E-state index is 12.5. The maximum Gasteiger partial charge on any atom is 0.241 e. The molecule has 2 aromatic rings. The SMILES string of the molecule is Cc1ccc(COCCNS(=O)(=O)c2c(C)cc(C)cc2C)cc1. The Labute approximate surface area is 144 Å². The van der Waals surface area contributed by atoms with Gasteiger partial charge in [-0.05, 0) is 44.4 Å². The van der Waals surface area contributed by atoms with Crippen LogP contribution in [0.3, 0.4) is 0 Å². The van der Waals surface area contributed by atoms with E-state index < -0.39 is 10.0 Å². The molecule has 0 saturated carbocycles. The van der Waals surface area contributed by atoms with Gasteiger partial charge in [-0.1, -0.05) is 47.5 Å². The lowest BCUT2D eigenvalue weighted by atomic mass is 10.1. The zero-order valence-corrected chi connectivity index (χ0v) is 15.5. The van der Waals surface area contributed by atoms with Crippen molar-refractivity contribution in [1.82, 2.24) is 4.72 Å². The van der Waals surface area contributed by atoms with Gasteiger partial charge >= 0.3 is 0 Å². The standard InChI is InChI=1S/C19H25NO3S/c1-14-5-7-18(8-6-14)13-23-10-9-20-24(21,22)19-16(3)11-15(2)12-17(19)4/h5-8,11-12,20H,9-10,13H2,1-4H3. The monoisotopic (exact) mass is 347 g/mol. The predicted molar refractivity (Wildman–Crippen MR) is 96.7 cm³/mol. The minimum atomic E-state index is -3.52. The van der Waals surface area contributed by atoms with Gasteiger partial charge in [0.15, 0.2) is 0 Å². The second-order valence-corrected chi connectivity index (χ2v) is 7.87. The van der Waals surface area contributed by atoms with E-state index in [1.165, 1.54) is 5.56 Å². The fourth-order valence-electron chi connectivity index (χ4n) is 2.79. The number of benzene rings is 2. The molecule has 4 nitrogen and oxygen atoms in total. The molecule has 0 aromatic heterocycles. The van der Waals surface area contributed by atoms with Crippen molar-refractivity contribution in [3.8, 4) is 0 Å². The zero-order valence-electron chi connectivity index (χ0n) is 14.7. The second kappa shape index (κ2) is 7.92. The number of aryl methyl sites for hydroxylation is 4. The summed E-state index contributed by atoms with van der Waals surface area (Å²) < 4.78 is 33.1. The highest BCUT2D eigenvalue weighted by molar-refractivity contribution is 7.89. The van der Waals surface area contributed by atoms with Gasteiger partial charge in [0.05, 0.1) is 18.1 Å². The molecule has 0 spiro atoms. The summed E-state index contributed by atoms with van der Waals surface area (Å²) in [6.07, 6.45) is 0. The van der Waals surface area contributed by atoms with Gasteiger partial charge < -0.3 is 4.74 Å². The third-order valence-corrected chi connectivity index (χ3v) is 5.57. The summed E-state index contributed by atoms with van der Waals surface area (Å²) in [6, 6.07) is 11.9. The van der Waals surface area contributed by atoms with Crippen molar-refractivity contribution in [2.75, 3.05) is 13.2 Å². The van der Waals surface area contributed by atoms with Crippen LogP contribution in [0.5, 0.6) is 0 Å². The summed E-state index contributed by atoms with van der Waals surface area (Å²) in [6.45, 7) is 8.70. The second-order valence-electron chi connectivity index (χ2n) is 6.16. The first-order valence-corrected chi connectivity index (χ1v) is 9.49. The summed E-state index contributed by atoms with van der Waals surface area (Å²) in [5.41, 5.74) is 4.87. The fraction of sp³-hybridized carbons (Fsp3) is 0.368. The lowest BCUT2D eigenvalue weighted by Gasteiger charge is -2.13. The van der Waals surface area contributed by atoms with Crippen LogP contribution in [-0.2, 0) is 21.4 Å². The average molecular weight is 347 g/mol. The Morgan fingerprint density at radius 1 is 0.917 bits per heavy atom. The van der Waals surface area contributed by atoms with E-state index in [0.29, 0.717) is 18.1 Å². The highest BCUT2D eigenvalue weighted by Gasteiger charge is 2.19. The number of hydrogen-bond acceptors (Lipinski definition) is 3. The zero-order chi connectivity index (χ0) is 17.7. The Morgan fingerprint density at radius 3 is 2.08 bits per heavy atom. The first-order chi connectivity index (χ1) is 11.3. The highest BCUT2D eigenvalue weighted by Crippen LogP contribution is 2.21. The molecule has 0 unspecified atom stereocenters. The molecule has 0 heterocycles. The van der Waals surface area contributed by atoms with Crippen molar-refractivity contribution in [3.63, 3.8) is 0 Å². The number of rotatable bonds is 7. The van der Waals surface area contributed by atoms with Crippen LogP contribution >= 0.6 is 0 Å². The summed E-state index contributed by atoms with van der Waals surface area (Å²) in [5.74, 6) is 0. The average Bonchev–Trinajstić information content (AvgIpc) is 2.47. The molecule has 0 atom stereocenters. The molecule has 1 N–H and O–H groups in total. The normalized spacial score (nSPS) is 11.7. The Morgan fingerprint density at radius 2 is 1.50 bits per heavy atom. The minimum absolute atomic E-state index is 0.251. The van der Waals surface area contributed by atoms with Crippen LogP contribution in [0.15, 0.2) is 41.3 Å². The van der Waals surface area contributed by atoms with Crippen LogP contribution in [0.4, 0.5) is 0 Å². The van der Waals surface area contributed by atoms with E-state index in [-0.39, 0.29) is 6.54 Å². The van der Waals surface area contributed by atoms with Crippen molar-refractivity contribution in [2.24, 2.45) is 0 Å². The summed E-state index contributed by atoms with van der Waals surface area (Å²) in [7, 11) is -3.52. The van der Waals surface area contributed by atoms with E-state index in [1.54, 1.807) is 0 Å². The van der Waals surface area contributed by atoms with Gasteiger partial charge in [0, 0.05) is 6.54 Å². The quantitative estimate of drug-likeness (QED) is 0.781. The third-order valence-electron chi connectivity index (χ3n) is 3.80. The van der Waals surface area contributed by atoms with Gasteiger partial charge in [0.1, 0.15) is 0 Å². The van der Waals surface area contributed by atoms with Crippen molar-refractivity contribution in [3.05, 3.63) is 64.2 Å². The molecule has 0 aliphatic heterocycles. The molecule has 130 valence electrons. The minimum Gasteiger partial charge on any atom is -0.375 e. The lowest BCUT2D eigenvalue weighted by molar-refractivity contribution is 0.126. The molecular formula is C19H25NO3S. The number of ether oxygens (including phenoxy) is 1. The Kier molecular flexibility index (Phi) is 6.15. The molecule has 2 rings (SSSR count). The molecule has 0 aliphatic carbocycles. The molecule has 2 aromatic carbocycles. The smallest absolute Gasteiger partial charge is 0.241 e. The predicted octanol–water partition coefficient (Wildman–Crippen LogP) is 3.42. The topological polar surface area (TPSA) is 55.4 Å². The Hall–Kier alpha value is -1.69. The van der Waals surface area contributed by atoms with Gasteiger partial charge in [-0.15, -0.1) is 0 Å². The molecule has 0 amide bonds. The van der Waals surface area contributed by atoms with Crippen LogP contribution in [0.2, 0.25) is 0 Å². The Balaban J connectivity index is 1.88.